The highest BCUT2D eigenvalue weighted by Gasteiger charge is 2.33. The summed E-state index contributed by atoms with van der Waals surface area (Å²) in [6.07, 6.45) is -1.57. The van der Waals surface area contributed by atoms with E-state index in [9.17, 15) is 24.5 Å². The summed E-state index contributed by atoms with van der Waals surface area (Å²) in [5, 5.41) is 14.8. The third-order valence-electron chi connectivity index (χ3n) is 5.30. The van der Waals surface area contributed by atoms with Gasteiger partial charge in [0.1, 0.15) is 23.5 Å². The summed E-state index contributed by atoms with van der Waals surface area (Å²) in [5.41, 5.74) is -1.79. The molecule has 0 aromatic heterocycles. The lowest BCUT2D eigenvalue weighted by Crippen LogP contribution is -2.46. The number of nitrogens with zero attached hydrogens (tertiary/aromatic N) is 2. The van der Waals surface area contributed by atoms with E-state index >= 15 is 0 Å². The molecule has 0 fully saturated rings. The van der Waals surface area contributed by atoms with Crippen LogP contribution in [0.3, 0.4) is 0 Å². The largest absolute Gasteiger partial charge is 0.457 e. The van der Waals surface area contributed by atoms with Crippen molar-refractivity contribution in [3.8, 4) is 0 Å². The van der Waals surface area contributed by atoms with Crippen LogP contribution in [-0.2, 0) is 20.8 Å². The Morgan fingerprint density at radius 3 is 1.93 bits per heavy atom. The van der Waals surface area contributed by atoms with Gasteiger partial charge in [0.05, 0.1) is 10.5 Å². The van der Waals surface area contributed by atoms with Gasteiger partial charge >= 0.3 is 18.2 Å². The van der Waals surface area contributed by atoms with Gasteiger partial charge in [0.15, 0.2) is 0 Å². The van der Waals surface area contributed by atoms with Crippen molar-refractivity contribution in [2.75, 3.05) is 11.9 Å². The molecule has 218 valence electrons. The fourth-order valence-corrected chi connectivity index (χ4v) is 3.44. The predicted octanol–water partition coefficient (Wildman–Crippen LogP) is 6.70. The number of nitro groups is 1. The number of rotatable bonds is 9. The minimum Gasteiger partial charge on any atom is -0.457 e. The minimum absolute atomic E-state index is 0.0517. The molecule has 2 amide bonds. The Morgan fingerprint density at radius 2 is 1.43 bits per heavy atom. The van der Waals surface area contributed by atoms with Crippen LogP contribution in [0.25, 0.3) is 0 Å². The van der Waals surface area contributed by atoms with Crippen LogP contribution in [0.1, 0.15) is 77.7 Å². The zero-order valence-corrected chi connectivity index (χ0v) is 24.4. The van der Waals surface area contributed by atoms with E-state index in [1.54, 1.807) is 55.4 Å². The molecule has 2 aromatic carbocycles. The van der Waals surface area contributed by atoms with Crippen LogP contribution in [0.4, 0.5) is 21.0 Å². The molecule has 0 aliphatic carbocycles. The quantitative estimate of drug-likeness (QED) is 0.154. The number of hydrogen-bond donors (Lipinski definition) is 1. The van der Waals surface area contributed by atoms with Gasteiger partial charge in [-0.2, -0.15) is 0 Å². The van der Waals surface area contributed by atoms with Gasteiger partial charge in [0, 0.05) is 18.2 Å². The number of nitro benzene ring substituents is 1. The van der Waals surface area contributed by atoms with Crippen LogP contribution in [-0.4, -0.2) is 51.3 Å². The average Bonchev–Trinajstić information content (AvgIpc) is 2.80. The highest BCUT2D eigenvalue weighted by Crippen LogP contribution is 2.30. The number of benzene rings is 2. The van der Waals surface area contributed by atoms with Gasteiger partial charge in [-0.1, -0.05) is 30.3 Å². The van der Waals surface area contributed by atoms with Crippen LogP contribution in [0.5, 0.6) is 0 Å². The van der Waals surface area contributed by atoms with Crippen molar-refractivity contribution in [3.63, 3.8) is 0 Å². The molecule has 0 saturated carbocycles. The Labute approximate surface area is 234 Å². The fraction of sp³-hybridized carbons (Fsp3) is 0.483. The molecule has 0 spiro atoms. The zero-order valence-electron chi connectivity index (χ0n) is 24.4. The van der Waals surface area contributed by atoms with Gasteiger partial charge in [0.2, 0.25) is 0 Å². The number of carbonyl (C=O) groups excluding carboxylic acids is 3. The molecule has 11 nitrogen and oxygen atoms in total. The maximum absolute atomic E-state index is 12.8. The SMILES string of the molecule is CC(C)(CCN(C(=O)OC(C)(C)C)C(=O)OC(C)(C)C)Nc1cc(C(=O)OCc2ccccc2)ccc1[N+](=O)[O-]. The summed E-state index contributed by atoms with van der Waals surface area (Å²) in [4.78, 5) is 50.4. The van der Waals surface area contributed by atoms with Crippen molar-refractivity contribution in [3.05, 3.63) is 69.8 Å². The number of esters is 1. The molecule has 1 N–H and O–H groups in total. The molecule has 0 aliphatic rings. The van der Waals surface area contributed by atoms with E-state index < -0.39 is 39.8 Å². The second-order valence-electron chi connectivity index (χ2n) is 11.9. The third kappa shape index (κ3) is 10.5. The van der Waals surface area contributed by atoms with Crippen molar-refractivity contribution in [2.24, 2.45) is 0 Å². The molecule has 0 saturated heterocycles. The first-order valence-electron chi connectivity index (χ1n) is 12.9. The lowest BCUT2D eigenvalue weighted by Gasteiger charge is -2.32. The van der Waals surface area contributed by atoms with E-state index in [-0.39, 0.29) is 36.5 Å². The van der Waals surface area contributed by atoms with E-state index in [0.717, 1.165) is 10.5 Å². The van der Waals surface area contributed by atoms with Crippen molar-refractivity contribution < 1.29 is 33.5 Å². The van der Waals surface area contributed by atoms with Gasteiger partial charge in [0.25, 0.3) is 5.69 Å². The highest BCUT2D eigenvalue weighted by atomic mass is 16.6. The Bertz CT molecular complexity index is 1190. The van der Waals surface area contributed by atoms with Crippen molar-refractivity contribution in [1.29, 1.82) is 0 Å². The molecule has 0 heterocycles. The van der Waals surface area contributed by atoms with Gasteiger partial charge in [-0.25, -0.2) is 19.3 Å². The summed E-state index contributed by atoms with van der Waals surface area (Å²) >= 11 is 0. The first-order valence-corrected chi connectivity index (χ1v) is 12.9. The Morgan fingerprint density at radius 1 is 0.875 bits per heavy atom. The average molecular weight is 558 g/mol. The lowest BCUT2D eigenvalue weighted by atomic mass is 9.99. The summed E-state index contributed by atoms with van der Waals surface area (Å²) in [6, 6.07) is 13.0. The van der Waals surface area contributed by atoms with Crippen LogP contribution in [0.15, 0.2) is 48.5 Å². The number of ether oxygens (including phenoxy) is 3. The number of anilines is 1. The van der Waals surface area contributed by atoms with Gasteiger partial charge in [-0.15, -0.1) is 0 Å². The second-order valence-corrected chi connectivity index (χ2v) is 11.9. The van der Waals surface area contributed by atoms with Crippen LogP contribution in [0, 0.1) is 10.1 Å². The standard InChI is InChI=1S/C29H39N3O8/c1-27(2,3)39-25(34)31(26(35)40-28(4,5)6)17-16-29(7,8)30-22-18-21(14-15-23(22)32(36)37)24(33)38-19-20-12-10-9-11-13-20/h9-15,18,30H,16-17,19H2,1-8H3. The maximum Gasteiger partial charge on any atom is 0.419 e. The molecule has 0 aliphatic heterocycles. The van der Waals surface area contributed by atoms with Gasteiger partial charge < -0.3 is 19.5 Å². The molecule has 0 radical (unpaired) electrons. The minimum atomic E-state index is -0.875. The number of imide groups is 1. The lowest BCUT2D eigenvalue weighted by molar-refractivity contribution is -0.384. The van der Waals surface area contributed by atoms with E-state index in [1.807, 2.05) is 30.3 Å². The summed E-state index contributed by atoms with van der Waals surface area (Å²) in [5.74, 6) is -0.638. The number of nitrogens with one attached hydrogen (secondary N) is 1. The monoisotopic (exact) mass is 557 g/mol. The molecule has 2 rings (SSSR count). The maximum atomic E-state index is 12.8. The molecular formula is C29H39N3O8. The normalized spacial score (nSPS) is 11.8. The molecular weight excluding hydrogens is 518 g/mol. The third-order valence-corrected chi connectivity index (χ3v) is 5.30. The van der Waals surface area contributed by atoms with E-state index in [4.69, 9.17) is 14.2 Å². The fourth-order valence-electron chi connectivity index (χ4n) is 3.44. The predicted molar refractivity (Wildman–Crippen MR) is 150 cm³/mol. The van der Waals surface area contributed by atoms with E-state index in [2.05, 4.69) is 5.32 Å². The summed E-state index contributed by atoms with van der Waals surface area (Å²) < 4.78 is 16.1. The molecule has 11 heteroatoms. The number of carbonyl (C=O) groups is 3. The highest BCUT2D eigenvalue weighted by molar-refractivity contribution is 5.91. The second kappa shape index (κ2) is 12.8. The molecule has 0 atom stereocenters. The molecule has 40 heavy (non-hydrogen) atoms. The van der Waals surface area contributed by atoms with Gasteiger partial charge in [-0.3, -0.25) is 10.1 Å². The van der Waals surface area contributed by atoms with Crippen LogP contribution >= 0.6 is 0 Å². The Balaban J connectivity index is 2.23. The van der Waals surface area contributed by atoms with Crippen molar-refractivity contribution in [2.45, 2.75) is 85.2 Å². The van der Waals surface area contributed by atoms with Crippen LogP contribution < -0.4 is 5.32 Å². The first kappa shape index (κ1) is 32.1. The molecule has 0 bridgehead atoms. The topological polar surface area (TPSA) is 137 Å². The van der Waals surface area contributed by atoms with E-state index in [1.165, 1.54) is 18.2 Å². The van der Waals surface area contributed by atoms with Crippen molar-refractivity contribution in [1.82, 2.24) is 4.90 Å². The van der Waals surface area contributed by atoms with Gasteiger partial charge in [-0.05, 0) is 79.5 Å². The Hall–Kier alpha value is -4.15. The zero-order chi connectivity index (χ0) is 30.3. The Kier molecular flexibility index (Phi) is 10.3. The number of hydrogen-bond acceptors (Lipinski definition) is 9. The van der Waals surface area contributed by atoms with Crippen LogP contribution in [0.2, 0.25) is 0 Å². The molecule has 0 unspecified atom stereocenters. The summed E-state index contributed by atoms with van der Waals surface area (Å²) in [6.45, 7) is 13.5. The number of amides is 2. The summed E-state index contributed by atoms with van der Waals surface area (Å²) in [7, 11) is 0. The smallest absolute Gasteiger partial charge is 0.419 e. The molecule has 2 aromatic rings. The van der Waals surface area contributed by atoms with E-state index in [0.29, 0.717) is 0 Å². The first-order chi connectivity index (χ1) is 18.4. The van der Waals surface area contributed by atoms with Crippen molar-refractivity contribution >= 4 is 29.5 Å².